The molecule has 8 rings (SSSR count). The third-order valence-corrected chi connectivity index (χ3v) is 23.4. The quantitative estimate of drug-likeness (QED) is 0.0304. The van der Waals surface area contributed by atoms with Crippen LogP contribution in [0, 0.1) is 41.5 Å². The van der Waals surface area contributed by atoms with Crippen LogP contribution in [0.2, 0.25) is 0 Å². The van der Waals surface area contributed by atoms with E-state index < -0.39 is 0 Å². The second-order valence-corrected chi connectivity index (χ2v) is 39.8. The van der Waals surface area contributed by atoms with Gasteiger partial charge in [-0.3, -0.25) is 0 Å². The van der Waals surface area contributed by atoms with Crippen molar-refractivity contribution in [3.05, 3.63) is 187 Å². The number of benzene rings is 8. The third kappa shape index (κ3) is 27.0. The van der Waals surface area contributed by atoms with Crippen LogP contribution < -0.4 is 0 Å². The Bertz CT molecular complexity index is 3950. The number of phenolic OH excluding ortho intramolecular Hbond substituents is 8. The minimum absolute atomic E-state index is 0.117. The van der Waals surface area contributed by atoms with Crippen LogP contribution in [0.5, 0.6) is 46.0 Å². The molecule has 0 unspecified atom stereocenters. The van der Waals surface area contributed by atoms with Gasteiger partial charge in [-0.2, -0.15) is 0 Å². The summed E-state index contributed by atoms with van der Waals surface area (Å²) in [5.41, 5.74) is 13.6. The van der Waals surface area contributed by atoms with Crippen LogP contribution in [0.25, 0.3) is 0 Å². The van der Waals surface area contributed by atoms with Gasteiger partial charge < -0.3 is 40.9 Å². The molecule has 106 heavy (non-hydrogen) atoms. The highest BCUT2D eigenvalue weighted by atomic mass is 32.2. The number of phenols is 8. The fourth-order valence-corrected chi connectivity index (χ4v) is 16.9. The van der Waals surface area contributed by atoms with Gasteiger partial charge in [0.15, 0.2) is 0 Å². The Morgan fingerprint density at radius 1 is 0.245 bits per heavy atom. The van der Waals surface area contributed by atoms with E-state index in [1.165, 1.54) is 112 Å². The molecule has 0 aliphatic carbocycles. The molecule has 0 radical (unpaired) electrons. The van der Waals surface area contributed by atoms with Gasteiger partial charge in [-0.25, -0.2) is 0 Å². The molecule has 12 heteroatoms. The van der Waals surface area contributed by atoms with Gasteiger partial charge in [-0.05, 0) is 229 Å². The third-order valence-electron chi connectivity index (χ3n) is 19.0. The average molecular weight is 1520 g/mol. The van der Waals surface area contributed by atoms with E-state index in [4.69, 9.17) is 0 Å². The van der Waals surface area contributed by atoms with Crippen LogP contribution in [0.1, 0.15) is 293 Å². The molecule has 0 spiro atoms. The maximum absolute atomic E-state index is 10.8. The highest BCUT2D eigenvalue weighted by molar-refractivity contribution is 8.00. The van der Waals surface area contributed by atoms with Gasteiger partial charge in [-0.1, -0.05) is 274 Å². The molecule has 580 valence electrons. The average Bonchev–Trinajstić information content (AvgIpc) is 0.797. The van der Waals surface area contributed by atoms with Crippen molar-refractivity contribution in [1.82, 2.24) is 0 Å². The van der Waals surface area contributed by atoms with Gasteiger partial charge in [-0.15, -0.1) is 0 Å². The first-order chi connectivity index (χ1) is 49.0. The zero-order valence-corrected chi connectivity index (χ0v) is 72.8. The van der Waals surface area contributed by atoms with Crippen LogP contribution in [0.15, 0.2) is 148 Å². The Morgan fingerprint density at radius 2 is 0.538 bits per heavy atom. The van der Waals surface area contributed by atoms with Gasteiger partial charge in [0.25, 0.3) is 0 Å². The molecule has 0 amide bonds. The molecular weight excluding hydrogens is 1390 g/mol. The number of rotatable bonds is 22. The summed E-state index contributed by atoms with van der Waals surface area (Å²) in [7, 11) is 0. The second kappa shape index (κ2) is 38.8. The zero-order chi connectivity index (χ0) is 79.8. The van der Waals surface area contributed by atoms with Crippen molar-refractivity contribution >= 4 is 47.0 Å². The number of aromatic hydroxyl groups is 8. The van der Waals surface area contributed by atoms with Crippen LogP contribution >= 0.6 is 47.0 Å². The van der Waals surface area contributed by atoms with Crippen molar-refractivity contribution in [1.29, 1.82) is 0 Å². The Hall–Kier alpha value is -6.44. The molecule has 0 atom stereocenters. The van der Waals surface area contributed by atoms with E-state index in [1.807, 2.05) is 102 Å². The van der Waals surface area contributed by atoms with Crippen LogP contribution in [0.3, 0.4) is 0 Å². The van der Waals surface area contributed by atoms with Gasteiger partial charge in [0.1, 0.15) is 46.0 Å². The molecule has 8 aromatic carbocycles. The van der Waals surface area contributed by atoms with Crippen LogP contribution in [0.4, 0.5) is 0 Å². The lowest BCUT2D eigenvalue weighted by Crippen LogP contribution is -2.12. The van der Waals surface area contributed by atoms with Crippen LogP contribution in [-0.4, -0.2) is 40.9 Å². The summed E-state index contributed by atoms with van der Waals surface area (Å²) in [5.74, 6) is 2.67. The molecular formula is C94H132O8S4. The van der Waals surface area contributed by atoms with E-state index in [-0.39, 0.29) is 44.0 Å². The normalized spacial score (nSPS) is 12.1. The van der Waals surface area contributed by atoms with E-state index in [1.54, 1.807) is 35.7 Å². The smallest absolute Gasteiger partial charge is 0.133 e. The molecule has 0 bridgehead atoms. The van der Waals surface area contributed by atoms with Crippen molar-refractivity contribution in [3.8, 4) is 46.0 Å². The largest absolute Gasteiger partial charge is 0.508 e. The molecule has 0 saturated heterocycles. The summed E-state index contributed by atoms with van der Waals surface area (Å²) in [6, 6.07) is 36.0. The van der Waals surface area contributed by atoms with Gasteiger partial charge in [0, 0.05) is 53.0 Å². The minimum atomic E-state index is -0.142. The number of hydrogen-bond acceptors (Lipinski definition) is 12. The first kappa shape index (κ1) is 90.2. The molecule has 8 aromatic rings. The molecule has 0 saturated carbocycles. The number of hydrogen-bond donors (Lipinski definition) is 8. The topological polar surface area (TPSA) is 162 Å². The van der Waals surface area contributed by atoms with Gasteiger partial charge in [0.05, 0.1) is 19.6 Å². The lowest BCUT2D eigenvalue weighted by molar-refractivity contribution is 0.432. The Kier molecular flexibility index (Phi) is 33.0. The molecule has 8 nitrogen and oxygen atoms in total. The zero-order valence-electron chi connectivity index (χ0n) is 69.5. The first-order valence-corrected chi connectivity index (χ1v) is 41.7. The predicted octanol–water partition coefficient (Wildman–Crippen LogP) is 28.4. The van der Waals surface area contributed by atoms with Crippen molar-refractivity contribution in [2.45, 2.75) is 342 Å². The Balaban J connectivity index is 0.000000255. The lowest BCUT2D eigenvalue weighted by Gasteiger charge is -2.24. The highest BCUT2D eigenvalue weighted by Crippen LogP contribution is 2.49. The van der Waals surface area contributed by atoms with Crippen molar-refractivity contribution in [3.63, 3.8) is 0 Å². The lowest BCUT2D eigenvalue weighted by atomic mass is 9.85. The molecule has 0 fully saturated rings. The predicted molar refractivity (Wildman–Crippen MR) is 456 cm³/mol. The second-order valence-electron chi connectivity index (χ2n) is 35.4. The van der Waals surface area contributed by atoms with E-state index >= 15 is 0 Å². The van der Waals surface area contributed by atoms with E-state index in [9.17, 15) is 40.9 Å². The van der Waals surface area contributed by atoms with Crippen molar-refractivity contribution in [2.24, 2.45) is 0 Å². The molecule has 8 N–H and O–H groups in total. The maximum atomic E-state index is 10.8. The molecule has 0 aliphatic heterocycles. The first-order valence-electron chi connectivity index (χ1n) is 38.4. The summed E-state index contributed by atoms with van der Waals surface area (Å²) in [6.07, 6.45) is 17.5. The number of aryl methyl sites for hydroxylation is 8. The molecule has 0 heterocycles. The van der Waals surface area contributed by atoms with Crippen molar-refractivity contribution < 1.29 is 40.9 Å². The summed E-state index contributed by atoms with van der Waals surface area (Å²) in [5, 5.41) is 83.8. The Morgan fingerprint density at radius 3 is 0.858 bits per heavy atom. The molecule has 0 aromatic heterocycles. The van der Waals surface area contributed by atoms with Crippen LogP contribution in [-0.2, 0) is 45.3 Å². The van der Waals surface area contributed by atoms with E-state index in [2.05, 4.69) is 175 Å². The highest BCUT2D eigenvalue weighted by Gasteiger charge is 2.28. The summed E-state index contributed by atoms with van der Waals surface area (Å²) in [6.45, 7) is 54.4. The summed E-state index contributed by atoms with van der Waals surface area (Å²) >= 11 is 6.27. The van der Waals surface area contributed by atoms with E-state index in [0.717, 1.165) is 119 Å². The standard InChI is InChI=1S/C28H42O2S.3C22H30O2S/c1-3-5-7-9-11-13-15-23-17-19-25(29)27(21-23)31-28-22-24(18-20-26(28)30)16-14-12-10-8-6-4-2;1-13-9-17(23)15(21(3,4)5)11-19(13)25-20-12-16(22(6,7)8)18(24)10-14(20)2;1-13-9-15(11-17(19(13)23)21(3,4)5)25-16-10-14(2)20(24)18(12-16)22(6,7)8;1-13-9-15(21(3,4)5)19(23)17(11-13)25-18-12-14(2)10-16(20(18)24)22(6,7)8/h17-22,29-30H,3-16H2,1-2H3;3*9-12,23-24H,1-8H3. The SMILES string of the molecule is CCCCCCCCc1ccc(O)c(Sc2cc(CCCCCCCC)ccc2O)c1.Cc1cc(O)c(C(C)(C)C)cc1Sc1cc(C(C)(C)C)c(O)cc1C.Cc1cc(Sc2cc(C)c(O)c(C(C)(C)C)c2)cc(C(C)(C)C)c1O.Cc1cc(Sc2cc(C)cc(C(C)(C)C)c2O)c(O)c(C(C)(C)C)c1. The molecule has 0 aliphatic rings. The van der Waals surface area contributed by atoms with Crippen molar-refractivity contribution in [2.75, 3.05) is 0 Å². The maximum Gasteiger partial charge on any atom is 0.133 e. The monoisotopic (exact) mass is 1520 g/mol. The number of unbranched alkanes of at least 4 members (excludes halogenated alkanes) is 10. The summed E-state index contributed by atoms with van der Waals surface area (Å²) < 4.78 is 0. The fourth-order valence-electron chi connectivity index (χ4n) is 12.6. The Labute approximate surface area is 657 Å². The fraction of sp³-hybridized carbons (Fsp3) is 0.489. The van der Waals surface area contributed by atoms with Gasteiger partial charge >= 0.3 is 0 Å². The summed E-state index contributed by atoms with van der Waals surface area (Å²) in [4.78, 5) is 7.70. The minimum Gasteiger partial charge on any atom is -0.508 e. The van der Waals surface area contributed by atoms with Gasteiger partial charge in [0.2, 0.25) is 0 Å². The van der Waals surface area contributed by atoms with E-state index in [0.29, 0.717) is 34.5 Å².